The smallest absolute Gasteiger partial charge is 0.240 e. The molecule has 1 aromatic heterocycles. The lowest BCUT2D eigenvalue weighted by Crippen LogP contribution is -2.26. The predicted molar refractivity (Wildman–Crippen MR) is 76.7 cm³/mol. The average molecular weight is 294 g/mol. The fourth-order valence-corrected chi connectivity index (χ4v) is 2.84. The number of sulfonamides is 1. The predicted octanol–water partition coefficient (Wildman–Crippen LogP) is 0.650. The largest absolute Gasteiger partial charge is 0.349 e. The Morgan fingerprint density at radius 3 is 2.60 bits per heavy atom. The number of imidazole rings is 1. The molecule has 20 heavy (non-hydrogen) atoms. The molecule has 6 nitrogen and oxygen atoms in total. The van der Waals surface area contributed by atoms with Crippen LogP contribution in [0.5, 0.6) is 0 Å². The van der Waals surface area contributed by atoms with Crippen LogP contribution in [0.2, 0.25) is 0 Å². The molecule has 1 aromatic carbocycles. The Bertz CT molecular complexity index is 621. The zero-order valence-corrected chi connectivity index (χ0v) is 12.1. The summed E-state index contributed by atoms with van der Waals surface area (Å²) in [6.45, 7) is 1.03. The summed E-state index contributed by atoms with van der Waals surface area (Å²) in [4.78, 5) is 7.25. The summed E-state index contributed by atoms with van der Waals surface area (Å²) >= 11 is 0. The van der Waals surface area contributed by atoms with E-state index >= 15 is 0 Å². The minimum absolute atomic E-state index is 0.275. The van der Waals surface area contributed by atoms with E-state index in [0.717, 1.165) is 11.4 Å². The van der Waals surface area contributed by atoms with Gasteiger partial charge < -0.3 is 10.3 Å². The van der Waals surface area contributed by atoms with Crippen LogP contribution in [0.15, 0.2) is 41.6 Å². The van der Waals surface area contributed by atoms with Gasteiger partial charge in [0.15, 0.2) is 0 Å². The van der Waals surface area contributed by atoms with Crippen molar-refractivity contribution < 1.29 is 8.42 Å². The first-order valence-electron chi connectivity index (χ1n) is 6.33. The highest BCUT2D eigenvalue weighted by Gasteiger charge is 2.13. The topological polar surface area (TPSA) is 86.9 Å². The third-order valence-corrected chi connectivity index (χ3v) is 4.30. The molecule has 0 radical (unpaired) electrons. The summed E-state index contributed by atoms with van der Waals surface area (Å²) < 4.78 is 26.7. The summed E-state index contributed by atoms with van der Waals surface area (Å²) in [6, 6.07) is 6.83. The van der Waals surface area contributed by atoms with Crippen molar-refractivity contribution in [3.05, 3.63) is 48.0 Å². The van der Waals surface area contributed by atoms with Gasteiger partial charge in [0.05, 0.1) is 4.90 Å². The number of hydrogen-bond donors (Lipinski definition) is 3. The molecular formula is C13H18N4O2S. The zero-order valence-electron chi connectivity index (χ0n) is 11.3. The number of aromatic nitrogens is 2. The van der Waals surface area contributed by atoms with Crippen molar-refractivity contribution in [1.82, 2.24) is 20.0 Å². The zero-order chi connectivity index (χ0) is 14.4. The highest BCUT2D eigenvalue weighted by Crippen LogP contribution is 2.10. The van der Waals surface area contributed by atoms with Gasteiger partial charge in [-0.1, -0.05) is 12.1 Å². The van der Waals surface area contributed by atoms with E-state index in [4.69, 9.17) is 0 Å². The second-order valence-corrected chi connectivity index (χ2v) is 6.12. The van der Waals surface area contributed by atoms with E-state index in [1.807, 2.05) is 7.05 Å². The van der Waals surface area contributed by atoms with Gasteiger partial charge in [-0.15, -0.1) is 0 Å². The molecule has 0 saturated heterocycles. The molecule has 0 aliphatic rings. The molecule has 0 fully saturated rings. The number of nitrogens with one attached hydrogen (secondary N) is 3. The maximum Gasteiger partial charge on any atom is 0.240 e. The van der Waals surface area contributed by atoms with Crippen LogP contribution in [0.1, 0.15) is 11.4 Å². The van der Waals surface area contributed by atoms with Crippen LogP contribution in [0.25, 0.3) is 0 Å². The van der Waals surface area contributed by atoms with Gasteiger partial charge in [-0.2, -0.15) is 0 Å². The summed E-state index contributed by atoms with van der Waals surface area (Å²) in [5.41, 5.74) is 1.04. The third kappa shape index (κ3) is 3.89. The Labute approximate surface area is 118 Å². The summed E-state index contributed by atoms with van der Waals surface area (Å²) in [5.74, 6) is 0.761. The Hall–Kier alpha value is -1.70. The number of rotatable bonds is 7. The van der Waals surface area contributed by atoms with E-state index in [0.29, 0.717) is 19.5 Å². The van der Waals surface area contributed by atoms with Crippen LogP contribution >= 0.6 is 0 Å². The normalized spacial score (nSPS) is 11.7. The molecule has 0 saturated carbocycles. The van der Waals surface area contributed by atoms with Gasteiger partial charge in [0.1, 0.15) is 5.82 Å². The molecule has 108 valence electrons. The monoisotopic (exact) mass is 294 g/mol. The second kappa shape index (κ2) is 6.65. The lowest BCUT2D eigenvalue weighted by atomic mass is 10.2. The van der Waals surface area contributed by atoms with Crippen LogP contribution < -0.4 is 10.0 Å². The van der Waals surface area contributed by atoms with Crippen LogP contribution in [0, 0.1) is 0 Å². The minimum Gasteiger partial charge on any atom is -0.349 e. The van der Waals surface area contributed by atoms with Crippen LogP contribution in [-0.2, 0) is 23.0 Å². The summed E-state index contributed by atoms with van der Waals surface area (Å²) in [6.07, 6.45) is 3.89. The van der Waals surface area contributed by atoms with Crippen molar-refractivity contribution in [3.63, 3.8) is 0 Å². The molecule has 2 aromatic rings. The van der Waals surface area contributed by atoms with Gasteiger partial charge in [0.25, 0.3) is 0 Å². The molecule has 0 atom stereocenters. The lowest BCUT2D eigenvalue weighted by molar-refractivity contribution is 0.581. The molecule has 0 aliphatic carbocycles. The second-order valence-electron chi connectivity index (χ2n) is 4.36. The molecule has 3 N–H and O–H groups in total. The molecule has 2 rings (SSSR count). The Morgan fingerprint density at radius 1 is 1.25 bits per heavy atom. The van der Waals surface area contributed by atoms with Gasteiger partial charge in [-0.3, -0.25) is 0 Å². The maximum absolute atomic E-state index is 12.1. The minimum atomic E-state index is -3.46. The maximum atomic E-state index is 12.1. The van der Waals surface area contributed by atoms with Crippen LogP contribution in [0.4, 0.5) is 0 Å². The van der Waals surface area contributed by atoms with Gasteiger partial charge in [0, 0.05) is 31.9 Å². The van der Waals surface area contributed by atoms with Crippen molar-refractivity contribution in [1.29, 1.82) is 0 Å². The number of H-pyrrole nitrogens is 1. The van der Waals surface area contributed by atoms with Gasteiger partial charge in [-0.05, 0) is 24.7 Å². The van der Waals surface area contributed by atoms with E-state index in [2.05, 4.69) is 20.0 Å². The third-order valence-electron chi connectivity index (χ3n) is 2.82. The lowest BCUT2D eigenvalue weighted by Gasteiger charge is -2.07. The molecule has 0 bridgehead atoms. The number of aromatic amines is 1. The van der Waals surface area contributed by atoms with E-state index in [9.17, 15) is 8.42 Å². The molecular weight excluding hydrogens is 276 g/mol. The number of hydrogen-bond acceptors (Lipinski definition) is 4. The first-order chi connectivity index (χ1) is 9.62. The standard InChI is InChI=1S/C13H18N4O2S/c1-14-10-11-2-4-12(5-3-11)20(18,19)17-7-6-13-15-8-9-16-13/h2-5,8-9,14,17H,6-7,10H2,1H3,(H,15,16). The van der Waals surface area contributed by atoms with Crippen molar-refractivity contribution >= 4 is 10.0 Å². The van der Waals surface area contributed by atoms with E-state index in [-0.39, 0.29) is 4.90 Å². The summed E-state index contributed by atoms with van der Waals surface area (Å²) in [7, 11) is -1.61. The molecule has 0 spiro atoms. The highest BCUT2D eigenvalue weighted by molar-refractivity contribution is 7.89. The molecule has 1 heterocycles. The Kier molecular flexibility index (Phi) is 4.89. The van der Waals surface area contributed by atoms with Crippen molar-refractivity contribution in [2.45, 2.75) is 17.9 Å². The quantitative estimate of drug-likeness (QED) is 0.700. The molecule has 0 amide bonds. The van der Waals surface area contributed by atoms with Gasteiger partial charge >= 0.3 is 0 Å². The van der Waals surface area contributed by atoms with Crippen LogP contribution in [0.3, 0.4) is 0 Å². The number of nitrogens with zero attached hydrogens (tertiary/aromatic N) is 1. The summed E-state index contributed by atoms with van der Waals surface area (Å²) in [5, 5.41) is 3.02. The highest BCUT2D eigenvalue weighted by atomic mass is 32.2. The van der Waals surface area contributed by atoms with Gasteiger partial charge in [-0.25, -0.2) is 18.1 Å². The molecule has 0 unspecified atom stereocenters. The first-order valence-corrected chi connectivity index (χ1v) is 7.81. The first kappa shape index (κ1) is 14.7. The average Bonchev–Trinajstić information content (AvgIpc) is 2.93. The molecule has 7 heteroatoms. The Balaban J connectivity index is 1.95. The fraction of sp³-hybridized carbons (Fsp3) is 0.308. The van der Waals surface area contributed by atoms with E-state index in [1.54, 1.807) is 36.7 Å². The van der Waals surface area contributed by atoms with E-state index < -0.39 is 10.0 Å². The van der Waals surface area contributed by atoms with Crippen molar-refractivity contribution in [3.8, 4) is 0 Å². The SMILES string of the molecule is CNCc1ccc(S(=O)(=O)NCCc2ncc[nH]2)cc1. The van der Waals surface area contributed by atoms with Crippen molar-refractivity contribution in [2.75, 3.05) is 13.6 Å². The van der Waals surface area contributed by atoms with Crippen molar-refractivity contribution in [2.24, 2.45) is 0 Å². The number of benzene rings is 1. The molecule has 0 aliphatic heterocycles. The van der Waals surface area contributed by atoms with E-state index in [1.165, 1.54) is 0 Å². The van der Waals surface area contributed by atoms with Crippen LogP contribution in [-0.4, -0.2) is 32.0 Å². The Morgan fingerprint density at radius 2 is 2.00 bits per heavy atom. The fourth-order valence-electron chi connectivity index (χ4n) is 1.81. The van der Waals surface area contributed by atoms with Gasteiger partial charge in [0.2, 0.25) is 10.0 Å².